The molecule has 2 heterocycles. The van der Waals surface area contributed by atoms with E-state index in [1.54, 1.807) is 24.7 Å². The van der Waals surface area contributed by atoms with E-state index in [0.29, 0.717) is 12.3 Å². The van der Waals surface area contributed by atoms with Gasteiger partial charge >= 0.3 is 6.01 Å². The molecule has 0 saturated carbocycles. The SMILES string of the molecule is Cc1c(CC(=O)c2ccnc(OCc3cccnc3)n2)cccc1-c1ccccc1. The molecule has 0 amide bonds. The van der Waals surface area contributed by atoms with Gasteiger partial charge in [-0.15, -0.1) is 0 Å². The highest BCUT2D eigenvalue weighted by atomic mass is 16.5. The first kappa shape index (κ1) is 19.5. The number of hydrogen-bond acceptors (Lipinski definition) is 5. The zero-order valence-electron chi connectivity index (χ0n) is 16.7. The lowest BCUT2D eigenvalue weighted by Crippen LogP contribution is -2.09. The quantitative estimate of drug-likeness (QED) is 0.419. The van der Waals surface area contributed by atoms with Gasteiger partial charge in [-0.05, 0) is 41.3 Å². The van der Waals surface area contributed by atoms with Crippen LogP contribution in [0, 0.1) is 6.92 Å². The number of ether oxygens (including phenoxy) is 1. The lowest BCUT2D eigenvalue weighted by molar-refractivity contribution is 0.0986. The Balaban J connectivity index is 1.49. The van der Waals surface area contributed by atoms with E-state index < -0.39 is 0 Å². The first-order valence-corrected chi connectivity index (χ1v) is 9.72. The van der Waals surface area contributed by atoms with Crippen molar-refractivity contribution >= 4 is 5.78 Å². The highest BCUT2D eigenvalue weighted by Gasteiger charge is 2.14. The number of ketones is 1. The van der Waals surface area contributed by atoms with Crippen molar-refractivity contribution in [3.05, 3.63) is 108 Å². The van der Waals surface area contributed by atoms with Crippen molar-refractivity contribution in [1.29, 1.82) is 0 Å². The lowest BCUT2D eigenvalue weighted by Gasteiger charge is -2.11. The van der Waals surface area contributed by atoms with Gasteiger partial charge in [-0.1, -0.05) is 54.6 Å². The number of carbonyl (C=O) groups excluding carboxylic acids is 1. The second kappa shape index (κ2) is 9.09. The second-order valence-electron chi connectivity index (χ2n) is 6.93. The largest absolute Gasteiger partial charge is 0.459 e. The molecule has 0 radical (unpaired) electrons. The molecule has 0 aliphatic carbocycles. The van der Waals surface area contributed by atoms with Crippen LogP contribution in [0.2, 0.25) is 0 Å². The minimum atomic E-state index is -0.0723. The van der Waals surface area contributed by atoms with Crippen LogP contribution >= 0.6 is 0 Å². The summed E-state index contributed by atoms with van der Waals surface area (Å²) in [6.07, 6.45) is 5.24. The Morgan fingerprint density at radius 2 is 1.80 bits per heavy atom. The Morgan fingerprint density at radius 1 is 0.933 bits per heavy atom. The molecule has 4 aromatic rings. The topological polar surface area (TPSA) is 65.0 Å². The number of nitrogens with zero attached hydrogens (tertiary/aromatic N) is 3. The van der Waals surface area contributed by atoms with Gasteiger partial charge in [0.25, 0.3) is 0 Å². The first-order valence-electron chi connectivity index (χ1n) is 9.72. The molecular weight excluding hydrogens is 374 g/mol. The number of hydrogen-bond donors (Lipinski definition) is 0. The standard InChI is InChI=1S/C25H21N3O2/c1-18-21(10-5-11-22(18)20-8-3-2-4-9-20)15-24(29)23-12-14-27-25(28-23)30-17-19-7-6-13-26-16-19/h2-14,16H,15,17H2,1H3. The monoisotopic (exact) mass is 395 g/mol. The molecule has 0 atom stereocenters. The molecule has 0 fully saturated rings. The van der Waals surface area contributed by atoms with Crippen molar-refractivity contribution in [1.82, 2.24) is 15.0 Å². The number of Topliss-reactive ketones (excluding diaryl/α,β-unsaturated/α-hetero) is 1. The molecule has 4 rings (SSSR count). The van der Waals surface area contributed by atoms with Crippen LogP contribution in [0.25, 0.3) is 11.1 Å². The molecule has 0 unspecified atom stereocenters. The van der Waals surface area contributed by atoms with Crippen LogP contribution in [-0.2, 0) is 13.0 Å². The zero-order chi connectivity index (χ0) is 20.8. The Morgan fingerprint density at radius 3 is 2.60 bits per heavy atom. The average molecular weight is 395 g/mol. The number of benzene rings is 2. The van der Waals surface area contributed by atoms with Gasteiger partial charge in [0.05, 0.1) is 0 Å². The smallest absolute Gasteiger partial charge is 0.317 e. The molecule has 0 N–H and O–H groups in total. The summed E-state index contributed by atoms with van der Waals surface area (Å²) in [5.74, 6) is -0.0723. The Labute approximate surface area is 175 Å². The average Bonchev–Trinajstić information content (AvgIpc) is 2.80. The fourth-order valence-electron chi connectivity index (χ4n) is 3.27. The molecule has 0 spiro atoms. The fraction of sp³-hybridized carbons (Fsp3) is 0.120. The van der Waals surface area contributed by atoms with Gasteiger partial charge in [0.15, 0.2) is 5.78 Å². The van der Waals surface area contributed by atoms with Crippen molar-refractivity contribution < 1.29 is 9.53 Å². The highest BCUT2D eigenvalue weighted by molar-refractivity contribution is 5.96. The predicted molar refractivity (Wildman–Crippen MR) is 115 cm³/mol. The zero-order valence-corrected chi connectivity index (χ0v) is 16.7. The molecule has 0 bridgehead atoms. The van der Waals surface area contributed by atoms with Crippen LogP contribution in [0.15, 0.2) is 85.3 Å². The Hall–Kier alpha value is -3.86. The van der Waals surface area contributed by atoms with Crippen LogP contribution in [-0.4, -0.2) is 20.7 Å². The predicted octanol–water partition coefficient (Wildman–Crippen LogP) is 4.85. The summed E-state index contributed by atoms with van der Waals surface area (Å²) in [7, 11) is 0. The molecule has 0 saturated heterocycles. The molecule has 0 aliphatic rings. The van der Waals surface area contributed by atoms with Crippen molar-refractivity contribution in [3.63, 3.8) is 0 Å². The van der Waals surface area contributed by atoms with Crippen molar-refractivity contribution in [2.45, 2.75) is 20.0 Å². The Kier molecular flexibility index (Phi) is 5.90. The van der Waals surface area contributed by atoms with Crippen molar-refractivity contribution in [2.24, 2.45) is 0 Å². The third-order valence-corrected chi connectivity index (χ3v) is 4.89. The van der Waals surface area contributed by atoms with Crippen LogP contribution in [0.3, 0.4) is 0 Å². The van der Waals surface area contributed by atoms with E-state index in [-0.39, 0.29) is 18.2 Å². The van der Waals surface area contributed by atoms with Gasteiger partial charge in [0.1, 0.15) is 12.3 Å². The molecule has 2 aromatic carbocycles. The van der Waals surface area contributed by atoms with Gasteiger partial charge in [-0.2, -0.15) is 4.98 Å². The lowest BCUT2D eigenvalue weighted by atomic mass is 9.93. The minimum Gasteiger partial charge on any atom is -0.459 e. The summed E-state index contributed by atoms with van der Waals surface area (Å²) in [4.78, 5) is 25.3. The summed E-state index contributed by atoms with van der Waals surface area (Å²) < 4.78 is 5.62. The summed E-state index contributed by atoms with van der Waals surface area (Å²) >= 11 is 0. The van der Waals surface area contributed by atoms with Gasteiger partial charge in [-0.25, -0.2) is 4.98 Å². The molecule has 30 heavy (non-hydrogen) atoms. The number of pyridine rings is 1. The van der Waals surface area contributed by atoms with Crippen molar-refractivity contribution in [3.8, 4) is 17.1 Å². The maximum absolute atomic E-state index is 12.9. The van der Waals surface area contributed by atoms with Crippen LogP contribution in [0.5, 0.6) is 6.01 Å². The van der Waals surface area contributed by atoms with E-state index in [9.17, 15) is 4.79 Å². The molecule has 2 aromatic heterocycles. The fourth-order valence-corrected chi connectivity index (χ4v) is 3.27. The second-order valence-corrected chi connectivity index (χ2v) is 6.93. The van der Waals surface area contributed by atoms with E-state index in [0.717, 1.165) is 27.8 Å². The van der Waals surface area contributed by atoms with Crippen LogP contribution < -0.4 is 4.74 Å². The number of aromatic nitrogens is 3. The van der Waals surface area contributed by atoms with Crippen molar-refractivity contribution in [2.75, 3.05) is 0 Å². The summed E-state index contributed by atoms with van der Waals surface area (Å²) in [6, 6.07) is 21.8. The van der Waals surface area contributed by atoms with Gasteiger partial charge < -0.3 is 4.74 Å². The van der Waals surface area contributed by atoms with Crippen LogP contribution in [0.1, 0.15) is 27.2 Å². The van der Waals surface area contributed by atoms with Gasteiger partial charge in [-0.3, -0.25) is 9.78 Å². The maximum atomic E-state index is 12.9. The highest BCUT2D eigenvalue weighted by Crippen LogP contribution is 2.26. The van der Waals surface area contributed by atoms with E-state index >= 15 is 0 Å². The molecule has 0 aliphatic heterocycles. The van der Waals surface area contributed by atoms with Crippen LogP contribution in [0.4, 0.5) is 0 Å². The third-order valence-electron chi connectivity index (χ3n) is 4.89. The normalized spacial score (nSPS) is 10.6. The molecule has 148 valence electrons. The molecule has 5 heteroatoms. The summed E-state index contributed by atoms with van der Waals surface area (Å²) in [5.41, 5.74) is 5.60. The minimum absolute atomic E-state index is 0.0723. The number of carbonyl (C=O) groups is 1. The first-order chi connectivity index (χ1) is 14.7. The molecular formula is C25H21N3O2. The summed E-state index contributed by atoms with van der Waals surface area (Å²) in [5, 5.41) is 0. The third kappa shape index (κ3) is 4.58. The van der Waals surface area contributed by atoms with E-state index in [1.165, 1.54) is 0 Å². The Bertz CT molecular complexity index is 1150. The maximum Gasteiger partial charge on any atom is 0.317 e. The number of rotatable bonds is 7. The van der Waals surface area contributed by atoms with Gasteiger partial charge in [0, 0.05) is 30.6 Å². The van der Waals surface area contributed by atoms with E-state index in [4.69, 9.17) is 4.74 Å². The molecule has 5 nitrogen and oxygen atoms in total. The van der Waals surface area contributed by atoms with Gasteiger partial charge in [0.2, 0.25) is 0 Å². The summed E-state index contributed by atoms with van der Waals surface area (Å²) in [6.45, 7) is 2.34. The van der Waals surface area contributed by atoms with E-state index in [1.807, 2.05) is 49.4 Å². The van der Waals surface area contributed by atoms with E-state index in [2.05, 4.69) is 33.2 Å².